The Morgan fingerprint density at radius 1 is 1.11 bits per heavy atom. The highest BCUT2D eigenvalue weighted by Gasteiger charge is 2.15. The molecule has 0 aromatic rings. The molecule has 0 rings (SSSR count). The quantitative estimate of drug-likeness (QED) is 0.494. The minimum absolute atomic E-state index is 0.449. The monoisotopic (exact) mass is 261 g/mol. The molecule has 0 spiro atoms. The second-order valence-electron chi connectivity index (χ2n) is 4.21. The Labute approximate surface area is 110 Å². The van der Waals surface area contributed by atoms with E-state index in [9.17, 15) is 4.79 Å². The number of hydrogen-bond donors (Lipinski definition) is 2. The molecule has 0 aliphatic rings. The fraction of sp³-hybridized carbons (Fsp3) is 0.923. The van der Waals surface area contributed by atoms with E-state index in [1.807, 2.05) is 6.92 Å². The number of unbranched alkanes of at least 4 members (excludes halogenated alkanes) is 1. The maximum absolute atomic E-state index is 10.9. The third-order valence-corrected chi connectivity index (χ3v) is 2.50. The van der Waals surface area contributed by atoms with Gasteiger partial charge in [0.25, 0.3) is 0 Å². The van der Waals surface area contributed by atoms with Crippen LogP contribution in [0.15, 0.2) is 0 Å². The lowest BCUT2D eigenvalue weighted by molar-refractivity contribution is -0.140. The molecule has 2 N–H and O–H groups in total. The molecule has 0 fully saturated rings. The first-order valence-corrected chi connectivity index (χ1v) is 6.84. The molecule has 0 heterocycles. The molecule has 0 aromatic carbocycles. The Kier molecular flexibility index (Phi) is 12.3. The average Bonchev–Trinajstić information content (AvgIpc) is 2.35. The van der Waals surface area contributed by atoms with Crippen LogP contribution >= 0.6 is 0 Å². The highest BCUT2D eigenvalue weighted by atomic mass is 16.5. The molecule has 0 saturated heterocycles. The van der Waals surface area contributed by atoms with Gasteiger partial charge in [0.2, 0.25) is 0 Å². The highest BCUT2D eigenvalue weighted by Crippen LogP contribution is 1.95. The zero-order chi connectivity index (χ0) is 13.6. The molecule has 108 valence electrons. The largest absolute Gasteiger partial charge is 0.480 e. The van der Waals surface area contributed by atoms with Crippen LogP contribution in [0.1, 0.15) is 39.5 Å². The van der Waals surface area contributed by atoms with Crippen molar-refractivity contribution in [2.45, 2.75) is 45.6 Å². The van der Waals surface area contributed by atoms with Gasteiger partial charge in [0.05, 0.1) is 13.2 Å². The summed E-state index contributed by atoms with van der Waals surface area (Å²) >= 11 is 0. The van der Waals surface area contributed by atoms with Gasteiger partial charge < -0.3 is 19.9 Å². The van der Waals surface area contributed by atoms with Gasteiger partial charge in [-0.2, -0.15) is 0 Å². The van der Waals surface area contributed by atoms with Crippen LogP contribution in [0.25, 0.3) is 0 Å². The molecule has 5 heteroatoms. The summed E-state index contributed by atoms with van der Waals surface area (Å²) in [6.07, 6.45) is 3.62. The fourth-order valence-corrected chi connectivity index (χ4v) is 1.40. The first kappa shape index (κ1) is 17.4. The van der Waals surface area contributed by atoms with E-state index >= 15 is 0 Å². The summed E-state index contributed by atoms with van der Waals surface area (Å²) in [5.41, 5.74) is 0. The van der Waals surface area contributed by atoms with Gasteiger partial charge >= 0.3 is 5.97 Å². The number of hydrogen-bond acceptors (Lipinski definition) is 4. The van der Waals surface area contributed by atoms with Crippen molar-refractivity contribution in [3.05, 3.63) is 0 Å². The van der Waals surface area contributed by atoms with E-state index in [4.69, 9.17) is 14.6 Å². The second kappa shape index (κ2) is 12.8. The smallest absolute Gasteiger partial charge is 0.320 e. The molecular formula is C13H27NO4. The first-order chi connectivity index (χ1) is 8.72. The molecule has 0 aliphatic carbocycles. The van der Waals surface area contributed by atoms with Crippen LogP contribution in [0, 0.1) is 0 Å². The Morgan fingerprint density at radius 3 is 2.33 bits per heavy atom. The Balaban J connectivity index is 3.40. The molecular weight excluding hydrogens is 234 g/mol. The fourth-order valence-electron chi connectivity index (χ4n) is 1.40. The third kappa shape index (κ3) is 10.5. The highest BCUT2D eigenvalue weighted by molar-refractivity contribution is 5.73. The van der Waals surface area contributed by atoms with Crippen LogP contribution < -0.4 is 5.32 Å². The van der Waals surface area contributed by atoms with Gasteiger partial charge in [-0.05, 0) is 25.8 Å². The molecule has 0 radical (unpaired) electrons. The third-order valence-electron chi connectivity index (χ3n) is 2.50. The van der Waals surface area contributed by atoms with Crippen LogP contribution in [0.4, 0.5) is 0 Å². The summed E-state index contributed by atoms with van der Waals surface area (Å²) in [7, 11) is 0. The number of aliphatic carboxylic acids is 1. The first-order valence-electron chi connectivity index (χ1n) is 6.84. The van der Waals surface area contributed by atoms with Crippen molar-refractivity contribution in [2.24, 2.45) is 0 Å². The van der Waals surface area contributed by atoms with Gasteiger partial charge in [-0.1, -0.05) is 20.3 Å². The summed E-state index contributed by atoms with van der Waals surface area (Å²) < 4.78 is 10.7. The average molecular weight is 261 g/mol. The van der Waals surface area contributed by atoms with Crippen molar-refractivity contribution in [2.75, 3.05) is 33.0 Å². The summed E-state index contributed by atoms with van der Waals surface area (Å²) in [4.78, 5) is 10.9. The molecule has 1 atom stereocenters. The molecule has 0 aromatic heterocycles. The summed E-state index contributed by atoms with van der Waals surface area (Å²) in [6, 6.07) is -0.508. The number of nitrogens with one attached hydrogen (secondary N) is 1. The van der Waals surface area contributed by atoms with Crippen molar-refractivity contribution in [3.8, 4) is 0 Å². The van der Waals surface area contributed by atoms with Crippen LogP contribution in [0.5, 0.6) is 0 Å². The van der Waals surface area contributed by atoms with Crippen molar-refractivity contribution >= 4 is 5.97 Å². The van der Waals surface area contributed by atoms with Gasteiger partial charge in [-0.25, -0.2) is 0 Å². The van der Waals surface area contributed by atoms with Gasteiger partial charge in [0.15, 0.2) is 0 Å². The number of ether oxygens (including phenoxy) is 2. The van der Waals surface area contributed by atoms with Crippen LogP contribution in [-0.2, 0) is 14.3 Å². The minimum Gasteiger partial charge on any atom is -0.480 e. The van der Waals surface area contributed by atoms with Crippen molar-refractivity contribution in [1.29, 1.82) is 0 Å². The maximum atomic E-state index is 10.9. The molecule has 0 amide bonds. The van der Waals surface area contributed by atoms with E-state index in [0.29, 0.717) is 26.2 Å². The van der Waals surface area contributed by atoms with E-state index in [0.717, 1.165) is 32.4 Å². The SMILES string of the molecule is CCCCOCCOCCC(NCCC)C(=O)O. The zero-order valence-electron chi connectivity index (χ0n) is 11.6. The summed E-state index contributed by atoms with van der Waals surface area (Å²) in [6.45, 7) is 7.19. The van der Waals surface area contributed by atoms with E-state index in [2.05, 4.69) is 12.2 Å². The zero-order valence-corrected chi connectivity index (χ0v) is 11.6. The molecule has 0 bridgehead atoms. The van der Waals surface area contributed by atoms with Gasteiger partial charge in [0.1, 0.15) is 6.04 Å². The topological polar surface area (TPSA) is 67.8 Å². The normalized spacial score (nSPS) is 12.6. The Morgan fingerprint density at radius 2 is 1.78 bits per heavy atom. The van der Waals surface area contributed by atoms with Crippen LogP contribution in [0.3, 0.4) is 0 Å². The van der Waals surface area contributed by atoms with Crippen LogP contribution in [-0.4, -0.2) is 50.1 Å². The number of carboxylic acid groups (broad SMARTS) is 1. The van der Waals surface area contributed by atoms with Gasteiger partial charge in [-0.15, -0.1) is 0 Å². The molecule has 1 unspecified atom stereocenters. The predicted octanol–water partition coefficient (Wildman–Crippen LogP) is 1.66. The molecule has 0 saturated carbocycles. The van der Waals surface area contributed by atoms with Crippen molar-refractivity contribution < 1.29 is 19.4 Å². The van der Waals surface area contributed by atoms with E-state index in [1.54, 1.807) is 0 Å². The predicted molar refractivity (Wildman–Crippen MR) is 70.9 cm³/mol. The van der Waals surface area contributed by atoms with Crippen molar-refractivity contribution in [1.82, 2.24) is 5.32 Å². The van der Waals surface area contributed by atoms with E-state index < -0.39 is 12.0 Å². The van der Waals surface area contributed by atoms with Gasteiger partial charge in [0, 0.05) is 13.2 Å². The molecule has 0 aliphatic heterocycles. The minimum atomic E-state index is -0.814. The maximum Gasteiger partial charge on any atom is 0.320 e. The second-order valence-corrected chi connectivity index (χ2v) is 4.21. The summed E-state index contributed by atoms with van der Waals surface area (Å²) in [5, 5.41) is 11.9. The number of carbonyl (C=O) groups is 1. The molecule has 5 nitrogen and oxygen atoms in total. The summed E-state index contributed by atoms with van der Waals surface area (Å²) in [5.74, 6) is -0.814. The van der Waals surface area contributed by atoms with E-state index in [-0.39, 0.29) is 0 Å². The Hall–Kier alpha value is -0.650. The lowest BCUT2D eigenvalue weighted by atomic mass is 10.2. The number of rotatable bonds is 13. The standard InChI is InChI=1S/C13H27NO4/c1-3-5-8-17-10-11-18-9-6-12(13(15)16)14-7-4-2/h12,14H,3-11H2,1-2H3,(H,15,16). The lowest BCUT2D eigenvalue weighted by Gasteiger charge is -2.13. The van der Waals surface area contributed by atoms with Crippen LogP contribution in [0.2, 0.25) is 0 Å². The van der Waals surface area contributed by atoms with E-state index in [1.165, 1.54) is 0 Å². The van der Waals surface area contributed by atoms with Gasteiger partial charge in [-0.3, -0.25) is 4.79 Å². The number of carboxylic acids is 1. The van der Waals surface area contributed by atoms with Crippen molar-refractivity contribution in [3.63, 3.8) is 0 Å². The molecule has 18 heavy (non-hydrogen) atoms. The Bertz CT molecular complexity index is 199. The lowest BCUT2D eigenvalue weighted by Crippen LogP contribution is -2.38.